The van der Waals surface area contributed by atoms with E-state index in [9.17, 15) is 0 Å². The molecule has 0 saturated carbocycles. The first-order valence-electron chi connectivity index (χ1n) is 9.35. The van der Waals surface area contributed by atoms with Crippen LogP contribution in [-0.2, 0) is 0 Å². The van der Waals surface area contributed by atoms with Crippen molar-refractivity contribution in [2.75, 3.05) is 0 Å². The van der Waals surface area contributed by atoms with Gasteiger partial charge < -0.3 is 0 Å². The van der Waals surface area contributed by atoms with Gasteiger partial charge in [-0.2, -0.15) is 0 Å². The third-order valence-electron chi connectivity index (χ3n) is 3.90. The number of hydrogen-bond acceptors (Lipinski definition) is 0. The van der Waals surface area contributed by atoms with Crippen molar-refractivity contribution in [1.82, 2.24) is 0 Å². The maximum atomic E-state index is 3.45. The van der Waals surface area contributed by atoms with E-state index >= 15 is 0 Å². The van der Waals surface area contributed by atoms with Gasteiger partial charge >= 0.3 is 0 Å². The molecule has 0 amide bonds. The minimum Gasteiger partial charge on any atom is -0.107 e. The largest absolute Gasteiger partial charge is 0.120 e. The van der Waals surface area contributed by atoms with Crippen molar-refractivity contribution in [3.8, 4) is 71.0 Å². The van der Waals surface area contributed by atoms with Crippen LogP contribution in [0.3, 0.4) is 0 Å². The molecule has 0 fully saturated rings. The average Bonchev–Trinajstić information content (AvgIpc) is 2.64. The van der Waals surface area contributed by atoms with E-state index in [1.807, 2.05) is 20.8 Å². The normalized spacial score (nSPS) is 12.7. The Morgan fingerprint density at radius 3 is 1.92 bits per heavy atom. The van der Waals surface area contributed by atoms with Crippen LogP contribution in [0.1, 0.15) is 80.1 Å². The second-order valence-electron chi connectivity index (χ2n) is 6.06. The molecule has 0 rings (SSSR count). The summed E-state index contributed by atoms with van der Waals surface area (Å²) >= 11 is 0. The highest BCUT2D eigenvalue weighted by Crippen LogP contribution is 2.44. The Morgan fingerprint density at radius 2 is 1.35 bits per heavy atom. The van der Waals surface area contributed by atoms with Gasteiger partial charge in [0, 0.05) is 32.1 Å². The molecule has 0 spiro atoms. The summed E-state index contributed by atoms with van der Waals surface area (Å²) in [7, 11) is 0. The van der Waals surface area contributed by atoms with Gasteiger partial charge in [-0.25, -0.2) is 0 Å². The highest BCUT2D eigenvalue weighted by atomic mass is 14.4. The second-order valence-corrected chi connectivity index (χ2v) is 6.06. The average molecular weight is 343 g/mol. The van der Waals surface area contributed by atoms with E-state index < -0.39 is 10.8 Å². The van der Waals surface area contributed by atoms with Gasteiger partial charge in [-0.05, 0) is 39.0 Å². The van der Waals surface area contributed by atoms with Crippen molar-refractivity contribution >= 4 is 0 Å². The quantitative estimate of drug-likeness (QED) is 0.597. The molecule has 0 aromatic rings. The standard InChI is InChI=1S/C26H30/c1-7-12-17-20-25(6,21-18-13-8-2)26(22-15-10-4,23-16-11-5)24-19-14-9-3/h7,9-10,14,20,23H2,1-6H3. The molecule has 0 nitrogen and oxygen atoms in total. The first-order chi connectivity index (χ1) is 12.6. The predicted molar refractivity (Wildman–Crippen MR) is 113 cm³/mol. The lowest BCUT2D eigenvalue weighted by Gasteiger charge is -2.36. The summed E-state index contributed by atoms with van der Waals surface area (Å²) in [6, 6.07) is 0. The maximum absolute atomic E-state index is 3.45. The van der Waals surface area contributed by atoms with Crippen LogP contribution in [0, 0.1) is 81.9 Å². The van der Waals surface area contributed by atoms with Gasteiger partial charge in [0.05, 0.1) is 5.41 Å². The molecule has 0 heteroatoms. The van der Waals surface area contributed by atoms with E-state index in [-0.39, 0.29) is 0 Å². The summed E-state index contributed by atoms with van der Waals surface area (Å²) in [4.78, 5) is 0. The Hall–Kier alpha value is -2.64. The van der Waals surface area contributed by atoms with Gasteiger partial charge in [0.2, 0.25) is 0 Å². The molecule has 0 radical (unpaired) electrons. The number of rotatable bonds is 4. The van der Waals surface area contributed by atoms with Crippen LogP contribution in [0.2, 0.25) is 0 Å². The van der Waals surface area contributed by atoms with Crippen molar-refractivity contribution in [3.63, 3.8) is 0 Å². The van der Waals surface area contributed by atoms with Gasteiger partial charge in [0.25, 0.3) is 0 Å². The zero-order valence-electron chi connectivity index (χ0n) is 17.2. The predicted octanol–water partition coefficient (Wildman–Crippen LogP) is 5.44. The van der Waals surface area contributed by atoms with Crippen molar-refractivity contribution in [3.05, 3.63) is 0 Å². The number of hydrogen-bond donors (Lipinski definition) is 0. The molecule has 0 aliphatic heterocycles. The van der Waals surface area contributed by atoms with Gasteiger partial charge in [-0.15, -0.1) is 35.5 Å². The van der Waals surface area contributed by atoms with E-state index in [0.717, 1.165) is 25.7 Å². The van der Waals surface area contributed by atoms with Crippen LogP contribution in [0.15, 0.2) is 0 Å². The first-order valence-corrected chi connectivity index (χ1v) is 9.35. The highest BCUT2D eigenvalue weighted by Gasteiger charge is 2.44. The third kappa shape index (κ3) is 7.50. The Labute approximate surface area is 162 Å². The summed E-state index contributed by atoms with van der Waals surface area (Å²) in [5, 5.41) is 0. The molecule has 0 aromatic carbocycles. The minimum atomic E-state index is -0.633. The molecule has 2 atom stereocenters. The molecular formula is C26H30. The molecule has 26 heavy (non-hydrogen) atoms. The smallest absolute Gasteiger partial charge is 0.107 e. The molecule has 0 bridgehead atoms. The molecule has 0 saturated heterocycles. The van der Waals surface area contributed by atoms with E-state index in [4.69, 9.17) is 0 Å². The fourth-order valence-corrected chi connectivity index (χ4v) is 2.29. The van der Waals surface area contributed by atoms with Crippen molar-refractivity contribution < 1.29 is 0 Å². The van der Waals surface area contributed by atoms with Crippen molar-refractivity contribution in [2.45, 2.75) is 80.1 Å². The molecule has 0 aliphatic rings. The fraction of sp³-hybridized carbons (Fsp3) is 0.538. The lowest BCUT2D eigenvalue weighted by Crippen LogP contribution is -2.37. The number of unbranched alkanes of at least 4 members (excludes halogenated alkanes) is 1. The van der Waals surface area contributed by atoms with Gasteiger partial charge in [0.1, 0.15) is 5.41 Å². The highest BCUT2D eigenvalue weighted by molar-refractivity contribution is 5.42. The molecular weight excluding hydrogens is 312 g/mol. The lowest BCUT2D eigenvalue weighted by molar-refractivity contribution is 0.268. The Bertz CT molecular complexity index is 803. The second kappa shape index (κ2) is 13.6. The summed E-state index contributed by atoms with van der Waals surface area (Å²) in [6.45, 7) is 12.0. The SMILES string of the molecule is CC#CC#CC(C)(CC#CCC)C(C#CCC)(C#CCCC)CC#CC. The van der Waals surface area contributed by atoms with Crippen LogP contribution < -0.4 is 0 Å². The summed E-state index contributed by atoms with van der Waals surface area (Å²) in [6.07, 6.45) is 4.62. The third-order valence-corrected chi connectivity index (χ3v) is 3.90. The first kappa shape index (κ1) is 23.4. The van der Waals surface area contributed by atoms with Gasteiger partial charge in [-0.3, -0.25) is 0 Å². The van der Waals surface area contributed by atoms with Crippen LogP contribution >= 0.6 is 0 Å². The summed E-state index contributed by atoms with van der Waals surface area (Å²) in [5.74, 6) is 38.1. The minimum absolute atomic E-state index is 0.522. The van der Waals surface area contributed by atoms with E-state index in [2.05, 4.69) is 84.9 Å². The maximum Gasteiger partial charge on any atom is 0.120 e. The Kier molecular flexibility index (Phi) is 12.2. The summed E-state index contributed by atoms with van der Waals surface area (Å²) < 4.78 is 0. The van der Waals surface area contributed by atoms with E-state index in [1.165, 1.54) is 0 Å². The monoisotopic (exact) mass is 342 g/mol. The van der Waals surface area contributed by atoms with Gasteiger partial charge in [-0.1, -0.05) is 44.5 Å². The van der Waals surface area contributed by atoms with Crippen LogP contribution in [-0.4, -0.2) is 0 Å². The zero-order chi connectivity index (χ0) is 19.7. The topological polar surface area (TPSA) is 0 Å². The molecule has 0 N–H and O–H groups in total. The van der Waals surface area contributed by atoms with Crippen LogP contribution in [0.25, 0.3) is 0 Å². The van der Waals surface area contributed by atoms with Crippen molar-refractivity contribution in [2.24, 2.45) is 10.8 Å². The zero-order valence-corrected chi connectivity index (χ0v) is 17.2. The van der Waals surface area contributed by atoms with Gasteiger partial charge in [0.15, 0.2) is 0 Å². The Morgan fingerprint density at radius 1 is 0.654 bits per heavy atom. The van der Waals surface area contributed by atoms with E-state index in [1.54, 1.807) is 6.92 Å². The lowest BCUT2D eigenvalue weighted by atomic mass is 9.62. The Balaban J connectivity index is 6.59. The van der Waals surface area contributed by atoms with E-state index in [0.29, 0.717) is 12.8 Å². The summed E-state index contributed by atoms with van der Waals surface area (Å²) in [5.41, 5.74) is -1.15. The molecule has 2 unspecified atom stereocenters. The van der Waals surface area contributed by atoms with Crippen molar-refractivity contribution in [1.29, 1.82) is 0 Å². The molecule has 0 aromatic heterocycles. The molecule has 134 valence electrons. The molecule has 0 heterocycles. The molecule has 0 aliphatic carbocycles. The van der Waals surface area contributed by atoms with Crippen LogP contribution in [0.4, 0.5) is 0 Å². The van der Waals surface area contributed by atoms with Crippen LogP contribution in [0.5, 0.6) is 0 Å². The fourth-order valence-electron chi connectivity index (χ4n) is 2.29.